The van der Waals surface area contributed by atoms with Crippen molar-refractivity contribution in [3.8, 4) is 44.5 Å². The van der Waals surface area contributed by atoms with Gasteiger partial charge in [0.25, 0.3) is 0 Å². The molecular formula is C66H49NO. The van der Waals surface area contributed by atoms with Crippen LogP contribution in [-0.4, -0.2) is 0 Å². The van der Waals surface area contributed by atoms with Gasteiger partial charge in [0.05, 0.1) is 5.41 Å². The third-order valence-electron chi connectivity index (χ3n) is 15.2. The van der Waals surface area contributed by atoms with E-state index >= 15 is 0 Å². The molecule has 0 atom stereocenters. The molecule has 0 fully saturated rings. The molecular weight excluding hydrogens is 823 g/mol. The van der Waals surface area contributed by atoms with Crippen LogP contribution in [0.25, 0.3) is 66.4 Å². The van der Waals surface area contributed by atoms with Gasteiger partial charge in [0, 0.05) is 33.2 Å². The fourth-order valence-corrected chi connectivity index (χ4v) is 11.8. The number of benzene rings is 10. The maximum absolute atomic E-state index is 6.30. The van der Waals surface area contributed by atoms with Crippen LogP contribution in [0, 0.1) is 13.8 Å². The van der Waals surface area contributed by atoms with Crippen LogP contribution in [0.15, 0.2) is 229 Å². The SMILES string of the molecule is Cc1ccc2c(c1)C(c1ccccc1)(c1ccccc1)c1cc(C)c(-c3ccc(N(c4ccc(-c5ccc6c(c5)oc5ccccc56)cc4)c4ccc5c(c4)C(C)(C)c4ccccc4-5)cc3)cc1-2. The fourth-order valence-electron chi connectivity index (χ4n) is 11.8. The lowest BCUT2D eigenvalue weighted by Gasteiger charge is -2.34. The number of para-hydroxylation sites is 1. The normalized spacial score (nSPS) is 13.8. The summed E-state index contributed by atoms with van der Waals surface area (Å²) in [4.78, 5) is 2.41. The van der Waals surface area contributed by atoms with Crippen molar-refractivity contribution in [2.24, 2.45) is 0 Å². The van der Waals surface area contributed by atoms with Gasteiger partial charge in [0.15, 0.2) is 0 Å². The highest BCUT2D eigenvalue weighted by Crippen LogP contribution is 2.58. The van der Waals surface area contributed by atoms with E-state index in [0.29, 0.717) is 0 Å². The number of nitrogens with zero attached hydrogens (tertiary/aromatic N) is 1. The third kappa shape index (κ3) is 5.97. The van der Waals surface area contributed by atoms with Crippen LogP contribution in [0.2, 0.25) is 0 Å². The van der Waals surface area contributed by atoms with Gasteiger partial charge < -0.3 is 9.32 Å². The second kappa shape index (κ2) is 15.2. The molecule has 2 nitrogen and oxygen atoms in total. The molecule has 2 heteroatoms. The van der Waals surface area contributed by atoms with Crippen molar-refractivity contribution in [1.29, 1.82) is 0 Å². The van der Waals surface area contributed by atoms with Crippen LogP contribution in [0.3, 0.4) is 0 Å². The lowest BCUT2D eigenvalue weighted by atomic mass is 9.67. The number of anilines is 3. The molecule has 0 aliphatic heterocycles. The lowest BCUT2D eigenvalue weighted by Crippen LogP contribution is -2.28. The minimum Gasteiger partial charge on any atom is -0.456 e. The summed E-state index contributed by atoms with van der Waals surface area (Å²) in [6, 6.07) is 83.1. The van der Waals surface area contributed by atoms with Gasteiger partial charge in [-0.1, -0.05) is 183 Å². The van der Waals surface area contributed by atoms with Crippen molar-refractivity contribution < 1.29 is 4.42 Å². The van der Waals surface area contributed by atoms with Gasteiger partial charge in [-0.05, 0) is 158 Å². The van der Waals surface area contributed by atoms with Gasteiger partial charge in [-0.15, -0.1) is 0 Å². The first-order valence-corrected chi connectivity index (χ1v) is 23.8. The monoisotopic (exact) mass is 871 g/mol. The van der Waals surface area contributed by atoms with Crippen LogP contribution in [0.4, 0.5) is 17.1 Å². The first-order valence-electron chi connectivity index (χ1n) is 23.8. The second-order valence-electron chi connectivity index (χ2n) is 19.4. The molecule has 1 aromatic heterocycles. The van der Waals surface area contributed by atoms with Gasteiger partial charge in [0.2, 0.25) is 0 Å². The Labute approximate surface area is 398 Å². The van der Waals surface area contributed by atoms with E-state index in [-0.39, 0.29) is 5.41 Å². The Balaban J connectivity index is 0.923. The van der Waals surface area contributed by atoms with E-state index in [9.17, 15) is 0 Å². The summed E-state index contributed by atoms with van der Waals surface area (Å²) in [5, 5.41) is 2.28. The molecule has 1 heterocycles. The molecule has 0 bridgehead atoms. The van der Waals surface area contributed by atoms with Crippen molar-refractivity contribution in [3.63, 3.8) is 0 Å². The molecule has 0 unspecified atom stereocenters. The van der Waals surface area contributed by atoms with Gasteiger partial charge in [0.1, 0.15) is 11.2 Å². The van der Waals surface area contributed by atoms with E-state index in [4.69, 9.17) is 4.42 Å². The first-order chi connectivity index (χ1) is 33.3. The Bertz CT molecular complexity index is 3720. The number of fused-ring (bicyclic) bond motifs is 9. The molecule has 324 valence electrons. The van der Waals surface area contributed by atoms with E-state index in [0.717, 1.165) is 50.1 Å². The quantitative estimate of drug-likeness (QED) is 0.159. The average molecular weight is 872 g/mol. The van der Waals surface area contributed by atoms with Crippen molar-refractivity contribution in [2.45, 2.75) is 38.5 Å². The van der Waals surface area contributed by atoms with Crippen molar-refractivity contribution >= 4 is 39.0 Å². The first kappa shape index (κ1) is 40.1. The van der Waals surface area contributed by atoms with E-state index in [2.05, 4.69) is 245 Å². The van der Waals surface area contributed by atoms with E-state index in [1.54, 1.807) is 0 Å². The Hall–Kier alpha value is -8.20. The minimum absolute atomic E-state index is 0.127. The molecule has 0 N–H and O–H groups in total. The topological polar surface area (TPSA) is 16.4 Å². The number of hydrogen-bond donors (Lipinski definition) is 0. The maximum Gasteiger partial charge on any atom is 0.136 e. The average Bonchev–Trinajstić information content (AvgIpc) is 3.97. The number of aryl methyl sites for hydroxylation is 2. The fraction of sp³-hybridized carbons (Fsp3) is 0.0909. The maximum atomic E-state index is 6.30. The summed E-state index contributed by atoms with van der Waals surface area (Å²) < 4.78 is 6.30. The standard InChI is InChI=1S/C66H49NO/c1-42-23-34-54-58-41-57(43(2)38-62(58)66(61(54)37-42,47-15-7-5-8-16-47)48-17-9-6-10-18-48)45-26-31-50(32-27-45)67(51-33-36-53-52-19-11-13-21-59(52)65(3,4)60(53)40-51)49-29-24-44(25-30-49)46-28-35-56-55-20-12-14-22-63(55)68-64(56)39-46/h5-41H,1-4H3. The molecule has 13 rings (SSSR count). The van der Waals surface area contributed by atoms with Gasteiger partial charge in [-0.25, -0.2) is 0 Å². The Morgan fingerprint density at radius 3 is 1.65 bits per heavy atom. The van der Waals surface area contributed by atoms with E-state index in [1.165, 1.54) is 77.9 Å². The van der Waals surface area contributed by atoms with Gasteiger partial charge in [-0.2, -0.15) is 0 Å². The van der Waals surface area contributed by atoms with Gasteiger partial charge in [-0.3, -0.25) is 0 Å². The Morgan fingerprint density at radius 1 is 0.353 bits per heavy atom. The van der Waals surface area contributed by atoms with Crippen LogP contribution >= 0.6 is 0 Å². The molecule has 2 aliphatic rings. The van der Waals surface area contributed by atoms with Crippen LogP contribution in [-0.2, 0) is 10.8 Å². The van der Waals surface area contributed by atoms with E-state index < -0.39 is 5.41 Å². The molecule has 0 radical (unpaired) electrons. The summed E-state index contributed by atoms with van der Waals surface area (Å²) in [5.74, 6) is 0. The summed E-state index contributed by atoms with van der Waals surface area (Å²) >= 11 is 0. The molecule has 2 aliphatic carbocycles. The third-order valence-corrected chi connectivity index (χ3v) is 15.2. The Morgan fingerprint density at radius 2 is 0.912 bits per heavy atom. The largest absolute Gasteiger partial charge is 0.456 e. The molecule has 10 aromatic carbocycles. The summed E-state index contributed by atoms with van der Waals surface area (Å²) in [6.07, 6.45) is 0. The molecule has 68 heavy (non-hydrogen) atoms. The molecule has 0 saturated heterocycles. The summed E-state index contributed by atoms with van der Waals surface area (Å²) in [7, 11) is 0. The van der Waals surface area contributed by atoms with Crippen molar-refractivity contribution in [1.82, 2.24) is 0 Å². The zero-order valence-electron chi connectivity index (χ0n) is 38.7. The highest BCUT2D eigenvalue weighted by molar-refractivity contribution is 6.06. The number of rotatable bonds is 7. The molecule has 0 saturated carbocycles. The van der Waals surface area contributed by atoms with Gasteiger partial charge >= 0.3 is 0 Å². The second-order valence-corrected chi connectivity index (χ2v) is 19.4. The highest BCUT2D eigenvalue weighted by Gasteiger charge is 2.46. The van der Waals surface area contributed by atoms with E-state index in [1.807, 2.05) is 12.1 Å². The molecule has 0 spiro atoms. The lowest BCUT2D eigenvalue weighted by molar-refractivity contribution is 0.660. The molecule has 0 amide bonds. The molecule has 11 aromatic rings. The zero-order valence-corrected chi connectivity index (χ0v) is 38.7. The smallest absolute Gasteiger partial charge is 0.136 e. The summed E-state index contributed by atoms with van der Waals surface area (Å²) in [5.41, 5.74) is 25.0. The zero-order chi connectivity index (χ0) is 45.7. The minimum atomic E-state index is -0.436. The number of hydrogen-bond acceptors (Lipinski definition) is 2. The predicted octanol–water partition coefficient (Wildman–Crippen LogP) is 17.7. The Kier molecular flexibility index (Phi) is 8.95. The number of furan rings is 1. The van der Waals surface area contributed by atoms with Crippen LogP contribution < -0.4 is 4.90 Å². The predicted molar refractivity (Wildman–Crippen MR) is 284 cm³/mol. The van der Waals surface area contributed by atoms with Crippen molar-refractivity contribution in [3.05, 3.63) is 269 Å². The van der Waals surface area contributed by atoms with Crippen LogP contribution in [0.1, 0.15) is 58.4 Å². The summed E-state index contributed by atoms with van der Waals surface area (Å²) in [6.45, 7) is 9.21. The van der Waals surface area contributed by atoms with Crippen LogP contribution in [0.5, 0.6) is 0 Å². The van der Waals surface area contributed by atoms with Crippen molar-refractivity contribution in [2.75, 3.05) is 4.90 Å². The highest BCUT2D eigenvalue weighted by atomic mass is 16.3.